The summed E-state index contributed by atoms with van der Waals surface area (Å²) in [6.45, 7) is 3.87. The number of hydrogen-bond donors (Lipinski definition) is 0. The van der Waals surface area contributed by atoms with E-state index in [1.807, 2.05) is 44.2 Å². The minimum atomic E-state index is -0.580. The van der Waals surface area contributed by atoms with Gasteiger partial charge in [0.05, 0.1) is 11.7 Å². The Morgan fingerprint density at radius 3 is 2.36 bits per heavy atom. The molecule has 0 saturated heterocycles. The summed E-state index contributed by atoms with van der Waals surface area (Å²) in [7, 11) is 0. The molecule has 0 unspecified atom stereocenters. The maximum absolute atomic E-state index is 13.7. The van der Waals surface area contributed by atoms with Gasteiger partial charge in [-0.25, -0.2) is 18.5 Å². The summed E-state index contributed by atoms with van der Waals surface area (Å²) in [6.07, 6.45) is 0.575. The monoisotopic (exact) mass is 337 g/mol. The first kappa shape index (κ1) is 15.7. The molecule has 0 N–H and O–H groups in total. The van der Waals surface area contributed by atoms with Gasteiger partial charge < -0.3 is 0 Å². The van der Waals surface area contributed by atoms with Gasteiger partial charge in [0.1, 0.15) is 11.6 Å². The SMILES string of the molecule is CC1=Nc2c(-c3ccccc3)c(C)nn2[C@H](c2cc(F)cc(F)c2)C1. The van der Waals surface area contributed by atoms with Gasteiger partial charge in [-0.1, -0.05) is 30.3 Å². The molecule has 3 nitrogen and oxygen atoms in total. The van der Waals surface area contributed by atoms with Crippen molar-refractivity contribution in [2.24, 2.45) is 4.99 Å². The van der Waals surface area contributed by atoms with E-state index in [1.165, 1.54) is 12.1 Å². The number of fused-ring (bicyclic) bond motifs is 1. The molecule has 2 aromatic carbocycles. The Hall–Kier alpha value is -2.82. The molecule has 1 aliphatic heterocycles. The summed E-state index contributed by atoms with van der Waals surface area (Å²) in [5, 5.41) is 4.64. The van der Waals surface area contributed by atoms with Crippen LogP contribution in [0.4, 0.5) is 14.6 Å². The van der Waals surface area contributed by atoms with E-state index >= 15 is 0 Å². The van der Waals surface area contributed by atoms with E-state index < -0.39 is 11.6 Å². The van der Waals surface area contributed by atoms with Gasteiger partial charge in [-0.3, -0.25) is 0 Å². The maximum atomic E-state index is 13.7. The standard InChI is InChI=1S/C20H17F2N3/c1-12-8-18(15-9-16(21)11-17(22)10-15)25-20(23-12)19(13(2)24-25)14-6-4-3-5-7-14/h3-7,9-11,18H,8H2,1-2H3/t18-/m0/s1. The van der Waals surface area contributed by atoms with Crippen molar-refractivity contribution < 1.29 is 8.78 Å². The first-order chi connectivity index (χ1) is 12.0. The van der Waals surface area contributed by atoms with E-state index in [2.05, 4.69) is 5.10 Å². The average molecular weight is 337 g/mol. The molecule has 5 heteroatoms. The Morgan fingerprint density at radius 1 is 1.00 bits per heavy atom. The summed E-state index contributed by atoms with van der Waals surface area (Å²) in [5.74, 6) is -0.421. The number of hydrogen-bond acceptors (Lipinski definition) is 2. The van der Waals surface area contributed by atoms with Crippen LogP contribution < -0.4 is 0 Å². The number of halogens is 2. The van der Waals surface area contributed by atoms with Gasteiger partial charge in [0.15, 0.2) is 5.82 Å². The van der Waals surface area contributed by atoms with Crippen LogP contribution >= 0.6 is 0 Å². The molecule has 2 heterocycles. The molecule has 1 aliphatic rings. The van der Waals surface area contributed by atoms with E-state index in [0.717, 1.165) is 34.4 Å². The van der Waals surface area contributed by atoms with Crippen LogP contribution in [-0.2, 0) is 0 Å². The molecule has 126 valence electrons. The van der Waals surface area contributed by atoms with E-state index in [0.29, 0.717) is 12.0 Å². The maximum Gasteiger partial charge on any atom is 0.159 e. The lowest BCUT2D eigenvalue weighted by Gasteiger charge is -2.24. The lowest BCUT2D eigenvalue weighted by Crippen LogP contribution is -2.19. The number of nitrogens with zero attached hydrogens (tertiary/aromatic N) is 3. The van der Waals surface area contributed by atoms with Crippen LogP contribution in [-0.4, -0.2) is 15.5 Å². The first-order valence-corrected chi connectivity index (χ1v) is 8.17. The number of aryl methyl sites for hydroxylation is 1. The molecule has 0 aliphatic carbocycles. The van der Waals surface area contributed by atoms with Crippen molar-refractivity contribution in [3.63, 3.8) is 0 Å². The third kappa shape index (κ3) is 2.76. The zero-order valence-electron chi connectivity index (χ0n) is 14.0. The lowest BCUT2D eigenvalue weighted by molar-refractivity contribution is 0.514. The van der Waals surface area contributed by atoms with Crippen LogP contribution in [0.1, 0.15) is 30.6 Å². The van der Waals surface area contributed by atoms with Gasteiger partial charge in [0.2, 0.25) is 0 Å². The molecule has 0 fully saturated rings. The molecule has 4 rings (SSSR count). The van der Waals surface area contributed by atoms with Crippen molar-refractivity contribution in [3.05, 3.63) is 71.4 Å². The lowest BCUT2D eigenvalue weighted by atomic mass is 9.99. The molecule has 1 atom stereocenters. The third-order valence-electron chi connectivity index (χ3n) is 4.47. The quantitative estimate of drug-likeness (QED) is 0.630. The fraction of sp³-hybridized carbons (Fsp3) is 0.200. The molecular formula is C20H17F2N3. The second-order valence-electron chi connectivity index (χ2n) is 6.36. The summed E-state index contributed by atoms with van der Waals surface area (Å²) >= 11 is 0. The van der Waals surface area contributed by atoms with Gasteiger partial charge in [-0.2, -0.15) is 5.10 Å². The molecule has 25 heavy (non-hydrogen) atoms. The highest BCUT2D eigenvalue weighted by Crippen LogP contribution is 2.40. The smallest absolute Gasteiger partial charge is 0.159 e. The highest BCUT2D eigenvalue weighted by Gasteiger charge is 2.28. The predicted molar refractivity (Wildman–Crippen MR) is 94.3 cm³/mol. The van der Waals surface area contributed by atoms with Gasteiger partial charge in [0.25, 0.3) is 0 Å². The highest BCUT2D eigenvalue weighted by atomic mass is 19.1. The number of rotatable bonds is 2. The van der Waals surface area contributed by atoms with E-state index in [1.54, 1.807) is 4.68 Å². The second-order valence-corrected chi connectivity index (χ2v) is 6.36. The van der Waals surface area contributed by atoms with Crippen LogP contribution in [0.15, 0.2) is 53.5 Å². The van der Waals surface area contributed by atoms with Crippen molar-refractivity contribution in [1.82, 2.24) is 9.78 Å². The second kappa shape index (κ2) is 5.92. The molecule has 0 saturated carbocycles. The first-order valence-electron chi connectivity index (χ1n) is 8.17. The summed E-state index contributed by atoms with van der Waals surface area (Å²) < 4.78 is 29.2. The minimum Gasteiger partial charge on any atom is -0.239 e. The normalized spacial score (nSPS) is 16.5. The fourth-order valence-corrected chi connectivity index (χ4v) is 3.42. The van der Waals surface area contributed by atoms with Crippen molar-refractivity contribution in [2.75, 3.05) is 0 Å². The van der Waals surface area contributed by atoms with Crippen molar-refractivity contribution in [1.29, 1.82) is 0 Å². The molecule has 0 amide bonds. The summed E-state index contributed by atoms with van der Waals surface area (Å²) in [5.41, 5.74) is 4.32. The number of aromatic nitrogens is 2. The van der Waals surface area contributed by atoms with E-state index in [-0.39, 0.29) is 6.04 Å². The summed E-state index contributed by atoms with van der Waals surface area (Å²) in [4.78, 5) is 4.69. The van der Waals surface area contributed by atoms with Gasteiger partial charge in [-0.15, -0.1) is 0 Å². The van der Waals surface area contributed by atoms with Gasteiger partial charge in [-0.05, 0) is 37.1 Å². The van der Waals surface area contributed by atoms with E-state index in [9.17, 15) is 8.78 Å². The number of aliphatic imine (C=N–C) groups is 1. The average Bonchev–Trinajstić information content (AvgIpc) is 2.89. The van der Waals surface area contributed by atoms with Crippen molar-refractivity contribution in [3.8, 4) is 11.1 Å². The van der Waals surface area contributed by atoms with E-state index in [4.69, 9.17) is 4.99 Å². The predicted octanol–water partition coefficient (Wildman–Crippen LogP) is 5.22. The molecule has 0 spiro atoms. The van der Waals surface area contributed by atoms with Crippen LogP contribution in [0, 0.1) is 18.6 Å². The van der Waals surface area contributed by atoms with Crippen molar-refractivity contribution >= 4 is 11.5 Å². The van der Waals surface area contributed by atoms with Crippen LogP contribution in [0.3, 0.4) is 0 Å². The molecule has 3 aromatic rings. The largest absolute Gasteiger partial charge is 0.239 e. The molecule has 0 radical (unpaired) electrons. The Bertz CT molecular complexity index is 954. The minimum absolute atomic E-state index is 0.270. The highest BCUT2D eigenvalue weighted by molar-refractivity contribution is 5.90. The van der Waals surface area contributed by atoms with Gasteiger partial charge >= 0.3 is 0 Å². The third-order valence-corrected chi connectivity index (χ3v) is 4.47. The Kier molecular flexibility index (Phi) is 3.71. The molecule has 0 bridgehead atoms. The zero-order valence-corrected chi connectivity index (χ0v) is 14.0. The number of benzene rings is 2. The zero-order chi connectivity index (χ0) is 17.6. The Morgan fingerprint density at radius 2 is 1.68 bits per heavy atom. The fourth-order valence-electron chi connectivity index (χ4n) is 3.42. The Balaban J connectivity index is 1.91. The van der Waals surface area contributed by atoms with Crippen LogP contribution in [0.5, 0.6) is 0 Å². The Labute approximate surface area is 144 Å². The van der Waals surface area contributed by atoms with Crippen molar-refractivity contribution in [2.45, 2.75) is 26.3 Å². The summed E-state index contributed by atoms with van der Waals surface area (Å²) in [6, 6.07) is 13.3. The molecule has 1 aromatic heterocycles. The van der Waals surface area contributed by atoms with Crippen LogP contribution in [0.2, 0.25) is 0 Å². The van der Waals surface area contributed by atoms with Gasteiger partial charge in [0, 0.05) is 23.8 Å². The molecular weight excluding hydrogens is 320 g/mol. The van der Waals surface area contributed by atoms with Crippen LogP contribution in [0.25, 0.3) is 11.1 Å². The topological polar surface area (TPSA) is 30.2 Å².